The zero-order valence-electron chi connectivity index (χ0n) is 15.4. The van der Waals surface area contributed by atoms with E-state index in [2.05, 4.69) is 35.5 Å². The van der Waals surface area contributed by atoms with Gasteiger partial charge < -0.3 is 15.5 Å². The Kier molecular flexibility index (Phi) is 10.5. The summed E-state index contributed by atoms with van der Waals surface area (Å²) < 4.78 is 0. The molecule has 0 fully saturated rings. The van der Waals surface area contributed by atoms with Crippen molar-refractivity contribution in [3.05, 3.63) is 29.8 Å². The fourth-order valence-corrected chi connectivity index (χ4v) is 2.88. The van der Waals surface area contributed by atoms with Gasteiger partial charge in [0.2, 0.25) is 5.91 Å². The molecule has 0 bridgehead atoms. The van der Waals surface area contributed by atoms with E-state index in [1.165, 1.54) is 5.56 Å². The van der Waals surface area contributed by atoms with E-state index in [0.29, 0.717) is 13.0 Å². The van der Waals surface area contributed by atoms with Crippen LogP contribution < -0.4 is 15.5 Å². The topological polar surface area (TPSA) is 56.7 Å². The van der Waals surface area contributed by atoms with Crippen LogP contribution in [0.5, 0.6) is 0 Å². The van der Waals surface area contributed by atoms with Gasteiger partial charge in [-0.3, -0.25) is 9.79 Å². The number of unbranched alkanes of at least 4 members (excludes halogenated alkanes) is 1. The summed E-state index contributed by atoms with van der Waals surface area (Å²) in [6.45, 7) is 7.50. The van der Waals surface area contributed by atoms with E-state index in [4.69, 9.17) is 0 Å². The first-order valence-electron chi connectivity index (χ1n) is 9.16. The SMILES string of the molecule is CCCCNC(=NCCCC(=O)N1CCc2ccccc21)NCC.I. The van der Waals surface area contributed by atoms with Crippen LogP contribution in [0.15, 0.2) is 29.3 Å². The molecular weight excluding hydrogens is 427 g/mol. The minimum Gasteiger partial charge on any atom is -0.357 e. The molecule has 1 aliphatic rings. The average molecular weight is 458 g/mol. The summed E-state index contributed by atoms with van der Waals surface area (Å²) in [5.74, 6) is 1.06. The minimum atomic E-state index is 0. The van der Waals surface area contributed by atoms with Crippen molar-refractivity contribution in [2.75, 3.05) is 31.1 Å². The highest BCUT2D eigenvalue weighted by Crippen LogP contribution is 2.27. The predicted molar refractivity (Wildman–Crippen MR) is 116 cm³/mol. The third kappa shape index (κ3) is 6.84. The van der Waals surface area contributed by atoms with E-state index in [9.17, 15) is 4.79 Å². The van der Waals surface area contributed by atoms with Gasteiger partial charge in [0.1, 0.15) is 0 Å². The van der Waals surface area contributed by atoms with E-state index in [0.717, 1.165) is 57.0 Å². The molecule has 0 radical (unpaired) electrons. The van der Waals surface area contributed by atoms with Gasteiger partial charge in [0.05, 0.1) is 0 Å². The number of amides is 1. The standard InChI is InChI=1S/C19H30N4O.HI/c1-3-5-13-21-19(20-4-2)22-14-8-11-18(24)23-15-12-16-9-6-7-10-17(16)23;/h6-7,9-10H,3-5,8,11-15H2,1-2H3,(H2,20,21,22);1H. The summed E-state index contributed by atoms with van der Waals surface area (Å²) in [6.07, 6.45) is 4.59. The van der Waals surface area contributed by atoms with Crippen LogP contribution in [0, 0.1) is 0 Å². The van der Waals surface area contributed by atoms with E-state index in [1.54, 1.807) is 0 Å². The van der Waals surface area contributed by atoms with Gasteiger partial charge in [0.15, 0.2) is 5.96 Å². The molecule has 6 heteroatoms. The highest BCUT2D eigenvalue weighted by Gasteiger charge is 2.23. The van der Waals surface area contributed by atoms with Gasteiger partial charge in [-0.15, -0.1) is 24.0 Å². The van der Waals surface area contributed by atoms with Crippen LogP contribution >= 0.6 is 24.0 Å². The summed E-state index contributed by atoms with van der Waals surface area (Å²) in [7, 11) is 0. The number of aliphatic imine (C=N–C) groups is 1. The number of benzene rings is 1. The molecule has 0 unspecified atom stereocenters. The van der Waals surface area contributed by atoms with Crippen molar-refractivity contribution in [3.63, 3.8) is 0 Å². The maximum Gasteiger partial charge on any atom is 0.227 e. The van der Waals surface area contributed by atoms with Crippen LogP contribution in [0.1, 0.15) is 45.1 Å². The monoisotopic (exact) mass is 458 g/mol. The number of nitrogens with one attached hydrogen (secondary N) is 2. The lowest BCUT2D eigenvalue weighted by molar-refractivity contribution is -0.118. The highest BCUT2D eigenvalue weighted by molar-refractivity contribution is 14.0. The molecule has 1 aliphatic heterocycles. The highest BCUT2D eigenvalue weighted by atomic mass is 127. The first-order valence-corrected chi connectivity index (χ1v) is 9.16. The lowest BCUT2D eigenvalue weighted by atomic mass is 10.2. The second-order valence-electron chi connectivity index (χ2n) is 6.07. The maximum atomic E-state index is 12.4. The molecule has 0 saturated carbocycles. The van der Waals surface area contributed by atoms with E-state index >= 15 is 0 Å². The Morgan fingerprint density at radius 1 is 1.20 bits per heavy atom. The Morgan fingerprint density at radius 2 is 2.00 bits per heavy atom. The second-order valence-corrected chi connectivity index (χ2v) is 6.07. The smallest absolute Gasteiger partial charge is 0.227 e. The molecule has 0 spiro atoms. The number of anilines is 1. The number of carbonyl (C=O) groups is 1. The molecule has 1 amide bonds. The van der Waals surface area contributed by atoms with Gasteiger partial charge in [0, 0.05) is 38.3 Å². The number of halogens is 1. The molecule has 1 aromatic carbocycles. The fourth-order valence-electron chi connectivity index (χ4n) is 2.88. The number of carbonyl (C=O) groups excluding carboxylic acids is 1. The van der Waals surface area contributed by atoms with Gasteiger partial charge in [-0.2, -0.15) is 0 Å². The third-order valence-electron chi connectivity index (χ3n) is 4.17. The number of rotatable bonds is 8. The van der Waals surface area contributed by atoms with Crippen LogP contribution in [0.3, 0.4) is 0 Å². The van der Waals surface area contributed by atoms with Crippen molar-refractivity contribution in [1.29, 1.82) is 0 Å². The Balaban J connectivity index is 0.00000312. The number of para-hydroxylation sites is 1. The molecule has 1 aromatic rings. The normalized spacial score (nSPS) is 13.2. The van der Waals surface area contributed by atoms with Crippen LogP contribution in [0.4, 0.5) is 5.69 Å². The fraction of sp³-hybridized carbons (Fsp3) is 0.579. The predicted octanol–water partition coefficient (Wildman–Crippen LogP) is 3.33. The Labute approximate surface area is 168 Å². The van der Waals surface area contributed by atoms with E-state index in [1.807, 2.05) is 23.1 Å². The van der Waals surface area contributed by atoms with Crippen molar-refractivity contribution in [3.8, 4) is 0 Å². The summed E-state index contributed by atoms with van der Waals surface area (Å²) in [5.41, 5.74) is 2.36. The zero-order chi connectivity index (χ0) is 17.2. The van der Waals surface area contributed by atoms with Crippen molar-refractivity contribution < 1.29 is 4.79 Å². The molecule has 0 aliphatic carbocycles. The summed E-state index contributed by atoms with van der Waals surface area (Å²) in [4.78, 5) is 18.9. The quantitative estimate of drug-likeness (QED) is 0.272. The van der Waals surface area contributed by atoms with Crippen LogP contribution in [-0.2, 0) is 11.2 Å². The number of hydrogen-bond acceptors (Lipinski definition) is 2. The molecule has 140 valence electrons. The van der Waals surface area contributed by atoms with E-state index < -0.39 is 0 Å². The summed E-state index contributed by atoms with van der Waals surface area (Å²) in [5, 5.41) is 6.56. The molecule has 25 heavy (non-hydrogen) atoms. The lowest BCUT2D eigenvalue weighted by Gasteiger charge is -2.17. The van der Waals surface area contributed by atoms with Crippen LogP contribution in [-0.4, -0.2) is 38.0 Å². The first-order chi connectivity index (χ1) is 11.8. The van der Waals surface area contributed by atoms with E-state index in [-0.39, 0.29) is 29.9 Å². The van der Waals surface area contributed by atoms with Gasteiger partial charge in [-0.05, 0) is 37.8 Å². The molecule has 1 heterocycles. The Morgan fingerprint density at radius 3 is 2.76 bits per heavy atom. The Hall–Kier alpha value is -1.31. The second kappa shape index (κ2) is 12.1. The number of hydrogen-bond donors (Lipinski definition) is 2. The molecule has 0 saturated heterocycles. The van der Waals surface area contributed by atoms with Gasteiger partial charge in [0.25, 0.3) is 0 Å². The molecule has 0 atom stereocenters. The zero-order valence-corrected chi connectivity index (χ0v) is 17.7. The van der Waals surface area contributed by atoms with Crippen LogP contribution in [0.2, 0.25) is 0 Å². The lowest BCUT2D eigenvalue weighted by Crippen LogP contribution is -2.37. The van der Waals surface area contributed by atoms with Crippen molar-refractivity contribution in [2.45, 2.75) is 46.0 Å². The maximum absolute atomic E-state index is 12.4. The number of guanidine groups is 1. The Bertz CT molecular complexity index is 562. The first kappa shape index (κ1) is 21.7. The van der Waals surface area contributed by atoms with Crippen LogP contribution in [0.25, 0.3) is 0 Å². The van der Waals surface area contributed by atoms with Gasteiger partial charge in [-0.1, -0.05) is 31.5 Å². The summed E-state index contributed by atoms with van der Waals surface area (Å²) >= 11 is 0. The molecule has 5 nitrogen and oxygen atoms in total. The third-order valence-corrected chi connectivity index (χ3v) is 4.17. The number of nitrogens with zero attached hydrogens (tertiary/aromatic N) is 2. The van der Waals surface area contributed by atoms with Gasteiger partial charge in [-0.25, -0.2) is 0 Å². The largest absolute Gasteiger partial charge is 0.357 e. The number of fused-ring (bicyclic) bond motifs is 1. The molecule has 2 rings (SSSR count). The van der Waals surface area contributed by atoms with Gasteiger partial charge >= 0.3 is 0 Å². The molecule has 2 N–H and O–H groups in total. The van der Waals surface area contributed by atoms with Crippen molar-refractivity contribution >= 4 is 41.5 Å². The minimum absolute atomic E-state index is 0. The van der Waals surface area contributed by atoms with Crippen molar-refractivity contribution in [1.82, 2.24) is 10.6 Å². The van der Waals surface area contributed by atoms with Crippen molar-refractivity contribution in [2.24, 2.45) is 4.99 Å². The average Bonchev–Trinajstić information content (AvgIpc) is 3.03. The molecule has 0 aromatic heterocycles. The molecular formula is C19H31IN4O. The summed E-state index contributed by atoms with van der Waals surface area (Å²) in [6, 6.07) is 8.19.